The van der Waals surface area contributed by atoms with Gasteiger partial charge in [0.25, 0.3) is 0 Å². The average molecular weight is 195 g/mol. The number of Topliss-reactive ketones (excluding diaryl/α,β-unsaturated/α-hetero) is 1. The van der Waals surface area contributed by atoms with Gasteiger partial charge in [-0.25, -0.2) is 4.68 Å². The van der Waals surface area contributed by atoms with E-state index in [0.29, 0.717) is 5.69 Å². The predicted octanol–water partition coefficient (Wildman–Crippen LogP) is 0.831. The largest absolute Gasteiger partial charge is 0.379 e. The molecule has 0 spiro atoms. The lowest BCUT2D eigenvalue weighted by atomic mass is 9.89. The number of carbonyl (C=O) groups is 1. The van der Waals surface area contributed by atoms with E-state index in [1.54, 1.807) is 18.0 Å². The summed E-state index contributed by atoms with van der Waals surface area (Å²) < 4.78 is 6.98. The number of carbonyl (C=O) groups excluding carboxylic acids is 1. The van der Waals surface area contributed by atoms with E-state index in [2.05, 4.69) is 10.3 Å². The van der Waals surface area contributed by atoms with Gasteiger partial charge in [-0.1, -0.05) is 5.21 Å². The third kappa shape index (κ3) is 1.43. The minimum absolute atomic E-state index is 0.0514. The van der Waals surface area contributed by atoms with Gasteiger partial charge in [-0.3, -0.25) is 4.79 Å². The summed E-state index contributed by atoms with van der Waals surface area (Å²) >= 11 is 0. The maximum atomic E-state index is 11.0. The first-order chi connectivity index (χ1) is 6.72. The van der Waals surface area contributed by atoms with Crippen molar-refractivity contribution in [3.63, 3.8) is 0 Å². The monoisotopic (exact) mass is 195 g/mol. The summed E-state index contributed by atoms with van der Waals surface area (Å²) in [5.74, 6) is -0.0514. The van der Waals surface area contributed by atoms with Gasteiger partial charge in [-0.15, -0.1) is 5.10 Å². The first kappa shape index (κ1) is 9.33. The van der Waals surface area contributed by atoms with E-state index in [1.165, 1.54) is 6.92 Å². The number of aromatic nitrogens is 3. The number of methoxy groups -OCH3 is 1. The van der Waals surface area contributed by atoms with Crippen molar-refractivity contribution in [3.05, 3.63) is 11.9 Å². The van der Waals surface area contributed by atoms with Crippen LogP contribution >= 0.6 is 0 Å². The van der Waals surface area contributed by atoms with Gasteiger partial charge in [0.05, 0.1) is 18.3 Å². The van der Waals surface area contributed by atoms with Crippen molar-refractivity contribution in [2.75, 3.05) is 7.11 Å². The predicted molar refractivity (Wildman–Crippen MR) is 49.1 cm³/mol. The third-order valence-electron chi connectivity index (χ3n) is 2.69. The molecular formula is C9H13N3O2. The fourth-order valence-corrected chi connectivity index (χ4v) is 1.63. The fourth-order valence-electron chi connectivity index (χ4n) is 1.63. The van der Waals surface area contributed by atoms with Crippen LogP contribution in [0.4, 0.5) is 0 Å². The van der Waals surface area contributed by atoms with Crippen LogP contribution in [-0.2, 0) is 4.74 Å². The Hall–Kier alpha value is -1.23. The van der Waals surface area contributed by atoms with Crippen molar-refractivity contribution in [2.45, 2.75) is 31.9 Å². The molecule has 5 nitrogen and oxygen atoms in total. The molecule has 1 aromatic heterocycles. The quantitative estimate of drug-likeness (QED) is 0.670. The zero-order valence-corrected chi connectivity index (χ0v) is 8.30. The molecular weight excluding hydrogens is 182 g/mol. The van der Waals surface area contributed by atoms with E-state index in [9.17, 15) is 4.79 Å². The molecule has 1 aliphatic rings. The van der Waals surface area contributed by atoms with Gasteiger partial charge in [0, 0.05) is 14.0 Å². The number of ether oxygens (including phenoxy) is 1. The van der Waals surface area contributed by atoms with Crippen molar-refractivity contribution < 1.29 is 9.53 Å². The van der Waals surface area contributed by atoms with Gasteiger partial charge >= 0.3 is 0 Å². The summed E-state index contributed by atoms with van der Waals surface area (Å²) in [4.78, 5) is 11.0. The molecule has 0 radical (unpaired) electrons. The summed E-state index contributed by atoms with van der Waals surface area (Å²) in [5.41, 5.74) is 0.423. The molecule has 0 N–H and O–H groups in total. The highest BCUT2D eigenvalue weighted by atomic mass is 16.5. The second kappa shape index (κ2) is 3.49. The lowest BCUT2D eigenvalue weighted by Crippen LogP contribution is -2.35. The van der Waals surface area contributed by atoms with Gasteiger partial charge < -0.3 is 4.74 Å². The van der Waals surface area contributed by atoms with Crippen LogP contribution in [0.25, 0.3) is 0 Å². The molecule has 0 aromatic carbocycles. The van der Waals surface area contributed by atoms with Crippen LogP contribution in [0.5, 0.6) is 0 Å². The van der Waals surface area contributed by atoms with E-state index in [4.69, 9.17) is 4.74 Å². The van der Waals surface area contributed by atoms with E-state index in [0.717, 1.165) is 12.8 Å². The van der Waals surface area contributed by atoms with Crippen LogP contribution in [0.2, 0.25) is 0 Å². The Labute approximate surface area is 82.1 Å². The number of nitrogens with zero attached hydrogens (tertiary/aromatic N) is 3. The maximum absolute atomic E-state index is 11.0. The van der Waals surface area contributed by atoms with E-state index >= 15 is 0 Å². The third-order valence-corrected chi connectivity index (χ3v) is 2.69. The highest BCUT2D eigenvalue weighted by Gasteiger charge is 2.33. The maximum Gasteiger partial charge on any atom is 0.181 e. The molecule has 1 saturated carbocycles. The van der Waals surface area contributed by atoms with Gasteiger partial charge in [-0.05, 0) is 12.8 Å². The molecule has 1 aromatic rings. The first-order valence-corrected chi connectivity index (χ1v) is 4.68. The van der Waals surface area contributed by atoms with Crippen molar-refractivity contribution >= 4 is 5.78 Å². The van der Waals surface area contributed by atoms with Crippen molar-refractivity contribution in [3.8, 4) is 0 Å². The van der Waals surface area contributed by atoms with Gasteiger partial charge in [0.1, 0.15) is 5.69 Å². The molecule has 0 aliphatic heterocycles. The van der Waals surface area contributed by atoms with Crippen LogP contribution in [0, 0.1) is 0 Å². The topological polar surface area (TPSA) is 57.0 Å². The standard InChI is InChI=1S/C9H13N3O2/c1-6(13)7-5-12(11-10-7)8-3-4-9(8)14-2/h5,8-9H,3-4H2,1-2H3. The minimum atomic E-state index is -0.0514. The zero-order chi connectivity index (χ0) is 10.1. The molecule has 1 heterocycles. The first-order valence-electron chi connectivity index (χ1n) is 4.68. The number of hydrogen-bond donors (Lipinski definition) is 0. The van der Waals surface area contributed by atoms with Crippen molar-refractivity contribution in [1.82, 2.24) is 15.0 Å². The Morgan fingerprint density at radius 1 is 1.64 bits per heavy atom. The second-order valence-electron chi connectivity index (χ2n) is 3.56. The molecule has 0 saturated heterocycles. The lowest BCUT2D eigenvalue weighted by molar-refractivity contribution is -0.0145. The summed E-state index contributed by atoms with van der Waals surface area (Å²) in [6.07, 6.45) is 4.00. The van der Waals surface area contributed by atoms with Gasteiger partial charge in [-0.2, -0.15) is 0 Å². The lowest BCUT2D eigenvalue weighted by Gasteiger charge is -2.34. The second-order valence-corrected chi connectivity index (χ2v) is 3.56. The Kier molecular flexibility index (Phi) is 2.33. The highest BCUT2D eigenvalue weighted by molar-refractivity contribution is 5.91. The van der Waals surface area contributed by atoms with Crippen molar-refractivity contribution in [1.29, 1.82) is 0 Å². The Morgan fingerprint density at radius 3 is 2.86 bits per heavy atom. The highest BCUT2D eigenvalue weighted by Crippen LogP contribution is 2.33. The van der Waals surface area contributed by atoms with Crippen LogP contribution in [0.1, 0.15) is 36.3 Å². The van der Waals surface area contributed by atoms with Gasteiger partial charge in [0.2, 0.25) is 0 Å². The summed E-state index contributed by atoms with van der Waals surface area (Å²) in [6, 6.07) is 0.251. The van der Waals surface area contributed by atoms with E-state index < -0.39 is 0 Å². The molecule has 1 fully saturated rings. The summed E-state index contributed by atoms with van der Waals surface area (Å²) in [5, 5.41) is 7.72. The molecule has 5 heteroatoms. The molecule has 0 bridgehead atoms. The molecule has 76 valence electrons. The Morgan fingerprint density at radius 2 is 2.43 bits per heavy atom. The summed E-state index contributed by atoms with van der Waals surface area (Å²) in [7, 11) is 1.69. The van der Waals surface area contributed by atoms with E-state index in [1.807, 2.05) is 0 Å². The molecule has 14 heavy (non-hydrogen) atoms. The molecule has 1 aliphatic carbocycles. The summed E-state index contributed by atoms with van der Waals surface area (Å²) in [6.45, 7) is 1.49. The normalized spacial score (nSPS) is 25.9. The van der Waals surface area contributed by atoms with Crippen LogP contribution in [0.3, 0.4) is 0 Å². The molecule has 2 rings (SSSR count). The van der Waals surface area contributed by atoms with Crippen LogP contribution in [0.15, 0.2) is 6.20 Å². The minimum Gasteiger partial charge on any atom is -0.379 e. The SMILES string of the molecule is COC1CCC1n1cc(C(C)=O)nn1. The number of hydrogen-bond acceptors (Lipinski definition) is 4. The Balaban J connectivity index is 2.13. The zero-order valence-electron chi connectivity index (χ0n) is 8.30. The molecule has 2 unspecified atom stereocenters. The number of rotatable bonds is 3. The van der Waals surface area contributed by atoms with Crippen molar-refractivity contribution in [2.24, 2.45) is 0 Å². The smallest absolute Gasteiger partial charge is 0.181 e. The van der Waals surface area contributed by atoms with Crippen LogP contribution in [-0.4, -0.2) is 34.0 Å². The molecule has 2 atom stereocenters. The Bertz CT molecular complexity index is 346. The van der Waals surface area contributed by atoms with Gasteiger partial charge in [0.15, 0.2) is 5.78 Å². The van der Waals surface area contributed by atoms with Crippen LogP contribution < -0.4 is 0 Å². The molecule has 0 amide bonds. The fraction of sp³-hybridized carbons (Fsp3) is 0.667. The van der Waals surface area contributed by atoms with E-state index in [-0.39, 0.29) is 17.9 Å². The number of ketones is 1. The average Bonchev–Trinajstić information content (AvgIpc) is 2.52.